The molecule has 2 aromatic rings. The summed E-state index contributed by atoms with van der Waals surface area (Å²) in [6.07, 6.45) is 1.36. The van der Waals surface area contributed by atoms with Crippen LogP contribution < -0.4 is 10.9 Å². The highest BCUT2D eigenvalue weighted by Crippen LogP contribution is 2.08. The molecule has 0 aliphatic heterocycles. The largest absolute Gasteiger partial charge is 0.383 e. The van der Waals surface area contributed by atoms with Gasteiger partial charge in [0, 0.05) is 19.7 Å². The van der Waals surface area contributed by atoms with E-state index in [4.69, 9.17) is 4.74 Å². The van der Waals surface area contributed by atoms with Crippen LogP contribution >= 0.6 is 0 Å². The Hall–Kier alpha value is -1.72. The van der Waals surface area contributed by atoms with E-state index in [1.54, 1.807) is 11.7 Å². The van der Waals surface area contributed by atoms with Crippen LogP contribution in [-0.2, 0) is 11.3 Å². The van der Waals surface area contributed by atoms with Crippen molar-refractivity contribution < 1.29 is 4.74 Å². The van der Waals surface area contributed by atoms with Crippen LogP contribution in [0.1, 0.15) is 0 Å². The first-order chi connectivity index (χ1) is 8.76. The summed E-state index contributed by atoms with van der Waals surface area (Å²) < 4.78 is 6.85. The molecular formula is C13H17N3O2. The van der Waals surface area contributed by atoms with Crippen LogP contribution in [0, 0.1) is 0 Å². The lowest BCUT2D eigenvalue weighted by atomic mass is 10.2. The number of ether oxygens (including phenoxy) is 1. The number of aromatic nitrogens is 2. The maximum Gasteiger partial charge on any atom is 0.269 e. The van der Waals surface area contributed by atoms with Gasteiger partial charge in [-0.25, -0.2) is 4.98 Å². The lowest BCUT2D eigenvalue weighted by Crippen LogP contribution is -2.37. The van der Waals surface area contributed by atoms with Crippen molar-refractivity contribution in [1.82, 2.24) is 14.9 Å². The van der Waals surface area contributed by atoms with E-state index in [0.29, 0.717) is 13.2 Å². The number of likely N-dealkylation sites (N-methyl/N-ethyl adjacent to an activating group) is 1. The number of hydrogen-bond donors (Lipinski definition) is 1. The van der Waals surface area contributed by atoms with Gasteiger partial charge < -0.3 is 14.6 Å². The van der Waals surface area contributed by atoms with Crippen LogP contribution in [0.15, 0.2) is 35.3 Å². The summed E-state index contributed by atoms with van der Waals surface area (Å²) >= 11 is 0. The molecule has 1 aromatic carbocycles. The lowest BCUT2D eigenvalue weighted by molar-refractivity contribution is 0.162. The summed E-state index contributed by atoms with van der Waals surface area (Å²) in [6, 6.07) is 7.72. The molecule has 0 saturated carbocycles. The van der Waals surface area contributed by atoms with Crippen LogP contribution in [0.3, 0.4) is 0 Å². The van der Waals surface area contributed by atoms with Crippen LogP contribution in [-0.4, -0.2) is 36.4 Å². The first-order valence-electron chi connectivity index (χ1n) is 5.87. The molecule has 5 nitrogen and oxygen atoms in total. The maximum absolute atomic E-state index is 11.9. The SMILES string of the molecule is CNC(COC)Cn1c(=O)cnc2ccccc21. The zero-order valence-corrected chi connectivity index (χ0v) is 10.6. The molecule has 0 radical (unpaired) electrons. The molecule has 0 bridgehead atoms. The van der Waals surface area contributed by atoms with Gasteiger partial charge in [0.1, 0.15) is 0 Å². The monoisotopic (exact) mass is 247 g/mol. The van der Waals surface area contributed by atoms with E-state index in [-0.39, 0.29) is 11.6 Å². The molecule has 0 aliphatic carbocycles. The maximum atomic E-state index is 11.9. The van der Waals surface area contributed by atoms with Gasteiger partial charge in [-0.15, -0.1) is 0 Å². The fourth-order valence-corrected chi connectivity index (χ4v) is 1.95. The molecule has 0 spiro atoms. The number of hydrogen-bond acceptors (Lipinski definition) is 4. The Balaban J connectivity index is 2.42. The molecule has 1 unspecified atom stereocenters. The first kappa shape index (κ1) is 12.7. The highest BCUT2D eigenvalue weighted by Gasteiger charge is 2.10. The second-order valence-electron chi connectivity index (χ2n) is 4.14. The highest BCUT2D eigenvalue weighted by molar-refractivity contribution is 5.74. The summed E-state index contributed by atoms with van der Waals surface area (Å²) in [6.45, 7) is 1.12. The third-order valence-corrected chi connectivity index (χ3v) is 2.93. The third-order valence-electron chi connectivity index (χ3n) is 2.93. The smallest absolute Gasteiger partial charge is 0.269 e. The number of rotatable bonds is 5. The lowest BCUT2D eigenvalue weighted by Gasteiger charge is -2.17. The van der Waals surface area contributed by atoms with E-state index >= 15 is 0 Å². The molecule has 0 saturated heterocycles. The zero-order chi connectivity index (χ0) is 13.0. The third kappa shape index (κ3) is 2.57. The van der Waals surface area contributed by atoms with Gasteiger partial charge in [0.2, 0.25) is 0 Å². The molecule has 1 aromatic heterocycles. The van der Waals surface area contributed by atoms with Gasteiger partial charge in [-0.05, 0) is 19.2 Å². The second kappa shape index (κ2) is 5.75. The summed E-state index contributed by atoms with van der Waals surface area (Å²) in [4.78, 5) is 16.1. The van der Waals surface area contributed by atoms with Crippen molar-refractivity contribution in [2.45, 2.75) is 12.6 Å². The van der Waals surface area contributed by atoms with E-state index in [2.05, 4.69) is 10.3 Å². The molecule has 1 heterocycles. The predicted molar refractivity (Wildman–Crippen MR) is 70.7 cm³/mol. The normalized spacial score (nSPS) is 12.8. The Morgan fingerprint density at radius 3 is 2.94 bits per heavy atom. The minimum absolute atomic E-state index is 0.0925. The van der Waals surface area contributed by atoms with Gasteiger partial charge in [-0.2, -0.15) is 0 Å². The van der Waals surface area contributed by atoms with Gasteiger partial charge >= 0.3 is 0 Å². The topological polar surface area (TPSA) is 56.1 Å². The van der Waals surface area contributed by atoms with Crippen LogP contribution in [0.2, 0.25) is 0 Å². The molecule has 1 atom stereocenters. The number of methoxy groups -OCH3 is 1. The van der Waals surface area contributed by atoms with E-state index in [9.17, 15) is 4.79 Å². The Bertz CT molecular complexity index is 580. The van der Waals surface area contributed by atoms with Crippen molar-refractivity contribution in [3.63, 3.8) is 0 Å². The Morgan fingerprint density at radius 2 is 2.22 bits per heavy atom. The quantitative estimate of drug-likeness (QED) is 0.842. The van der Waals surface area contributed by atoms with Crippen molar-refractivity contribution >= 4 is 11.0 Å². The molecular weight excluding hydrogens is 230 g/mol. The van der Waals surface area contributed by atoms with E-state index in [1.807, 2.05) is 31.3 Å². The molecule has 5 heteroatoms. The number of para-hydroxylation sites is 2. The Morgan fingerprint density at radius 1 is 1.44 bits per heavy atom. The average Bonchev–Trinajstić information content (AvgIpc) is 2.41. The van der Waals surface area contributed by atoms with Crippen molar-refractivity contribution in [3.05, 3.63) is 40.8 Å². The van der Waals surface area contributed by atoms with Crippen molar-refractivity contribution in [2.75, 3.05) is 20.8 Å². The van der Waals surface area contributed by atoms with E-state index in [0.717, 1.165) is 11.0 Å². The van der Waals surface area contributed by atoms with Crippen LogP contribution in [0.25, 0.3) is 11.0 Å². The van der Waals surface area contributed by atoms with Gasteiger partial charge in [0.15, 0.2) is 0 Å². The second-order valence-corrected chi connectivity index (χ2v) is 4.14. The standard InChI is InChI=1S/C13H17N3O2/c1-14-10(9-18-2)8-16-12-6-4-3-5-11(12)15-7-13(16)17/h3-7,10,14H,8-9H2,1-2H3. The van der Waals surface area contributed by atoms with Crippen molar-refractivity contribution in [3.8, 4) is 0 Å². The van der Waals surface area contributed by atoms with Gasteiger partial charge in [-0.1, -0.05) is 12.1 Å². The molecule has 0 aliphatic rings. The molecule has 0 fully saturated rings. The first-order valence-corrected chi connectivity index (χ1v) is 5.87. The highest BCUT2D eigenvalue weighted by atomic mass is 16.5. The predicted octanol–water partition coefficient (Wildman–Crippen LogP) is 0.631. The number of benzene rings is 1. The minimum atomic E-state index is -0.0925. The van der Waals surface area contributed by atoms with Crippen LogP contribution in [0.5, 0.6) is 0 Å². The summed E-state index contributed by atoms with van der Waals surface area (Å²) in [5.41, 5.74) is 1.58. The Labute approximate surface area is 105 Å². The number of fused-ring (bicyclic) bond motifs is 1. The number of nitrogens with zero attached hydrogens (tertiary/aromatic N) is 2. The fourth-order valence-electron chi connectivity index (χ4n) is 1.95. The van der Waals surface area contributed by atoms with Gasteiger partial charge in [0.25, 0.3) is 5.56 Å². The van der Waals surface area contributed by atoms with Crippen LogP contribution in [0.4, 0.5) is 0 Å². The van der Waals surface area contributed by atoms with Gasteiger partial charge in [-0.3, -0.25) is 4.79 Å². The zero-order valence-electron chi connectivity index (χ0n) is 10.6. The van der Waals surface area contributed by atoms with E-state index in [1.165, 1.54) is 6.20 Å². The minimum Gasteiger partial charge on any atom is -0.383 e. The summed E-state index contributed by atoms with van der Waals surface area (Å²) in [5, 5.41) is 3.14. The average molecular weight is 247 g/mol. The van der Waals surface area contributed by atoms with Gasteiger partial charge in [0.05, 0.1) is 23.8 Å². The van der Waals surface area contributed by atoms with E-state index < -0.39 is 0 Å². The number of nitrogens with one attached hydrogen (secondary N) is 1. The molecule has 96 valence electrons. The summed E-state index contributed by atoms with van der Waals surface area (Å²) in [5.74, 6) is 0. The van der Waals surface area contributed by atoms with Crippen molar-refractivity contribution in [2.24, 2.45) is 0 Å². The molecule has 2 rings (SSSR count). The molecule has 18 heavy (non-hydrogen) atoms. The molecule has 1 N–H and O–H groups in total. The molecule has 0 amide bonds. The fraction of sp³-hybridized carbons (Fsp3) is 0.385. The van der Waals surface area contributed by atoms with Crippen molar-refractivity contribution in [1.29, 1.82) is 0 Å². The summed E-state index contributed by atoms with van der Waals surface area (Å²) in [7, 11) is 3.51. The Kier molecular flexibility index (Phi) is 4.07.